The van der Waals surface area contributed by atoms with Gasteiger partial charge in [0.15, 0.2) is 11.2 Å². The minimum Gasteiger partial charge on any atom is -0.478 e. The molecule has 182 valence electrons. The molecule has 4 rings (SSSR count). The number of carboxylic acid groups (broad SMARTS) is 1. The van der Waals surface area contributed by atoms with E-state index in [0.29, 0.717) is 11.8 Å². The second-order valence-electron chi connectivity index (χ2n) is 9.21. The largest absolute Gasteiger partial charge is 0.478 e. The Bertz CT molecular complexity index is 1220. The summed E-state index contributed by atoms with van der Waals surface area (Å²) >= 11 is 0. The van der Waals surface area contributed by atoms with E-state index in [9.17, 15) is 9.90 Å². The smallest absolute Gasteiger partial charge is 0.347 e. The van der Waals surface area contributed by atoms with Gasteiger partial charge in [0.05, 0.1) is 0 Å². The molecule has 0 aliphatic carbocycles. The SMILES string of the molecule is CC(C)(Oc1cccc(CCCN(CCCc2ccccc2)c2nc3ccccc3o2)c1)C(=O)O. The topological polar surface area (TPSA) is 75.8 Å². The third-order valence-corrected chi connectivity index (χ3v) is 5.97. The van der Waals surface area contributed by atoms with Gasteiger partial charge in [-0.05, 0) is 74.9 Å². The number of benzene rings is 3. The van der Waals surface area contributed by atoms with Crippen LogP contribution >= 0.6 is 0 Å². The van der Waals surface area contributed by atoms with E-state index in [1.807, 2.05) is 48.5 Å². The first-order valence-electron chi connectivity index (χ1n) is 12.1. The summed E-state index contributed by atoms with van der Waals surface area (Å²) in [6.07, 6.45) is 3.72. The first-order valence-corrected chi connectivity index (χ1v) is 12.1. The van der Waals surface area contributed by atoms with Gasteiger partial charge in [-0.25, -0.2) is 4.79 Å². The zero-order valence-electron chi connectivity index (χ0n) is 20.3. The number of aromatic nitrogens is 1. The quantitative estimate of drug-likeness (QED) is 0.267. The van der Waals surface area contributed by atoms with E-state index in [4.69, 9.17) is 14.1 Å². The predicted octanol–water partition coefficient (Wildman–Crippen LogP) is 6.14. The van der Waals surface area contributed by atoms with Crippen LogP contribution in [-0.4, -0.2) is 34.8 Å². The third kappa shape index (κ3) is 6.63. The number of ether oxygens (including phenoxy) is 1. The molecule has 0 aliphatic rings. The molecule has 6 nitrogen and oxygen atoms in total. The van der Waals surface area contributed by atoms with Gasteiger partial charge in [-0.3, -0.25) is 0 Å². The number of aliphatic carboxylic acids is 1. The number of hydrogen-bond acceptors (Lipinski definition) is 5. The molecule has 1 heterocycles. The maximum Gasteiger partial charge on any atom is 0.347 e. The Labute approximate surface area is 206 Å². The van der Waals surface area contributed by atoms with Gasteiger partial charge in [-0.15, -0.1) is 0 Å². The van der Waals surface area contributed by atoms with Gasteiger partial charge in [0.25, 0.3) is 6.01 Å². The average molecular weight is 473 g/mol. The molecule has 0 saturated heterocycles. The Balaban J connectivity index is 1.40. The van der Waals surface area contributed by atoms with Crippen LogP contribution in [0.4, 0.5) is 6.01 Å². The van der Waals surface area contributed by atoms with Crippen LogP contribution in [0.2, 0.25) is 0 Å². The summed E-state index contributed by atoms with van der Waals surface area (Å²) < 4.78 is 11.8. The molecular weight excluding hydrogens is 440 g/mol. The van der Waals surface area contributed by atoms with Gasteiger partial charge < -0.3 is 19.2 Å². The third-order valence-electron chi connectivity index (χ3n) is 5.97. The highest BCUT2D eigenvalue weighted by atomic mass is 16.5. The molecule has 0 unspecified atom stereocenters. The van der Waals surface area contributed by atoms with Crippen LogP contribution in [0.5, 0.6) is 5.75 Å². The highest BCUT2D eigenvalue weighted by Gasteiger charge is 2.29. The number of hydrogen-bond donors (Lipinski definition) is 1. The normalized spacial score (nSPS) is 11.5. The van der Waals surface area contributed by atoms with Crippen molar-refractivity contribution in [2.45, 2.75) is 45.1 Å². The molecule has 0 radical (unpaired) electrons. The first kappa shape index (κ1) is 24.3. The van der Waals surface area contributed by atoms with Crippen LogP contribution in [0.1, 0.15) is 37.8 Å². The molecular formula is C29H32N2O4. The van der Waals surface area contributed by atoms with Crippen molar-refractivity contribution in [3.63, 3.8) is 0 Å². The standard InChI is InChI=1S/C29H32N2O4/c1-29(2,27(32)33)35-24-16-8-13-23(21-24)15-10-20-31(19-9-14-22-11-4-3-5-12-22)28-30-25-17-6-7-18-26(25)34-28/h3-8,11-13,16-18,21H,9-10,14-15,19-20H2,1-2H3,(H,32,33). The van der Waals surface area contributed by atoms with Crippen molar-refractivity contribution in [1.82, 2.24) is 4.98 Å². The second kappa shape index (κ2) is 11.1. The zero-order valence-corrected chi connectivity index (χ0v) is 20.3. The fraction of sp³-hybridized carbons (Fsp3) is 0.310. The molecule has 3 aromatic carbocycles. The minimum absolute atomic E-state index is 0.563. The number of anilines is 1. The van der Waals surface area contributed by atoms with Crippen LogP contribution in [-0.2, 0) is 17.6 Å². The lowest BCUT2D eigenvalue weighted by Gasteiger charge is -2.22. The Morgan fingerprint density at radius 3 is 2.29 bits per heavy atom. The van der Waals surface area contributed by atoms with Crippen molar-refractivity contribution < 1.29 is 19.1 Å². The van der Waals surface area contributed by atoms with Crippen molar-refractivity contribution in [3.05, 3.63) is 90.0 Å². The monoisotopic (exact) mass is 472 g/mol. The van der Waals surface area contributed by atoms with E-state index in [1.54, 1.807) is 19.9 Å². The van der Waals surface area contributed by atoms with Crippen molar-refractivity contribution in [3.8, 4) is 5.75 Å². The summed E-state index contributed by atoms with van der Waals surface area (Å²) in [4.78, 5) is 18.3. The summed E-state index contributed by atoms with van der Waals surface area (Å²) in [5.41, 5.74) is 2.81. The number of carbonyl (C=O) groups is 1. The van der Waals surface area contributed by atoms with E-state index in [-0.39, 0.29) is 0 Å². The number of para-hydroxylation sites is 2. The predicted molar refractivity (Wildman–Crippen MR) is 138 cm³/mol. The van der Waals surface area contributed by atoms with Crippen molar-refractivity contribution in [2.24, 2.45) is 0 Å². The van der Waals surface area contributed by atoms with Crippen LogP contribution in [0, 0.1) is 0 Å². The summed E-state index contributed by atoms with van der Waals surface area (Å²) in [5, 5.41) is 9.33. The Morgan fingerprint density at radius 2 is 1.57 bits per heavy atom. The lowest BCUT2D eigenvalue weighted by atomic mass is 10.1. The zero-order chi connectivity index (χ0) is 24.7. The van der Waals surface area contributed by atoms with Crippen LogP contribution in [0.25, 0.3) is 11.1 Å². The lowest BCUT2D eigenvalue weighted by Crippen LogP contribution is -2.37. The van der Waals surface area contributed by atoms with E-state index in [1.165, 1.54) is 5.56 Å². The number of rotatable bonds is 12. The maximum atomic E-state index is 11.4. The number of oxazole rings is 1. The summed E-state index contributed by atoms with van der Waals surface area (Å²) in [5.74, 6) is -0.430. The molecule has 0 atom stereocenters. The molecule has 0 fully saturated rings. The molecule has 0 bridgehead atoms. The second-order valence-corrected chi connectivity index (χ2v) is 9.21. The van der Waals surface area contributed by atoms with Gasteiger partial charge in [0.2, 0.25) is 0 Å². The van der Waals surface area contributed by atoms with E-state index in [0.717, 1.165) is 55.4 Å². The maximum absolute atomic E-state index is 11.4. The summed E-state index contributed by atoms with van der Waals surface area (Å²) in [7, 11) is 0. The Hall–Kier alpha value is -3.80. The fourth-order valence-electron chi connectivity index (χ4n) is 3.99. The Kier molecular flexibility index (Phi) is 7.70. The molecule has 6 heteroatoms. The Morgan fingerprint density at radius 1 is 0.914 bits per heavy atom. The molecule has 0 spiro atoms. The highest BCUT2D eigenvalue weighted by molar-refractivity contribution is 5.76. The first-order chi connectivity index (χ1) is 16.9. The molecule has 0 saturated carbocycles. The molecule has 1 aromatic heterocycles. The van der Waals surface area contributed by atoms with Gasteiger partial charge >= 0.3 is 5.97 Å². The molecule has 0 amide bonds. The lowest BCUT2D eigenvalue weighted by molar-refractivity contribution is -0.152. The summed E-state index contributed by atoms with van der Waals surface area (Å²) in [6.45, 7) is 4.75. The van der Waals surface area contributed by atoms with Gasteiger partial charge in [0, 0.05) is 13.1 Å². The van der Waals surface area contributed by atoms with Gasteiger partial charge in [0.1, 0.15) is 11.3 Å². The molecule has 0 aliphatic heterocycles. The van der Waals surface area contributed by atoms with E-state index >= 15 is 0 Å². The molecule has 35 heavy (non-hydrogen) atoms. The number of carboxylic acids is 1. The fourth-order valence-corrected chi connectivity index (χ4v) is 3.99. The highest BCUT2D eigenvalue weighted by Crippen LogP contribution is 2.24. The van der Waals surface area contributed by atoms with Crippen LogP contribution in [0.15, 0.2) is 83.3 Å². The average Bonchev–Trinajstić information content (AvgIpc) is 3.28. The van der Waals surface area contributed by atoms with Gasteiger partial charge in [-0.1, -0.05) is 54.6 Å². The van der Waals surface area contributed by atoms with Gasteiger partial charge in [-0.2, -0.15) is 4.98 Å². The van der Waals surface area contributed by atoms with E-state index in [2.05, 4.69) is 29.2 Å². The number of fused-ring (bicyclic) bond motifs is 1. The minimum atomic E-state index is -1.28. The van der Waals surface area contributed by atoms with Crippen molar-refractivity contribution in [1.29, 1.82) is 0 Å². The molecule has 4 aromatic rings. The van der Waals surface area contributed by atoms with Crippen LogP contribution < -0.4 is 9.64 Å². The number of aryl methyl sites for hydroxylation is 2. The van der Waals surface area contributed by atoms with Crippen LogP contribution in [0.3, 0.4) is 0 Å². The van der Waals surface area contributed by atoms with Crippen molar-refractivity contribution in [2.75, 3.05) is 18.0 Å². The van der Waals surface area contributed by atoms with E-state index < -0.39 is 11.6 Å². The summed E-state index contributed by atoms with van der Waals surface area (Å²) in [6, 6.07) is 26.6. The molecule has 1 N–H and O–H groups in total. The number of nitrogens with zero attached hydrogens (tertiary/aromatic N) is 2. The van der Waals surface area contributed by atoms with Crippen molar-refractivity contribution >= 4 is 23.1 Å².